The van der Waals surface area contributed by atoms with Crippen LogP contribution in [0.1, 0.15) is 25.7 Å². The SMILES string of the molecule is CC(NC(=O)N1CCN(C(C)C(=O)O)CC1)c1ncc[nH]1. The van der Waals surface area contributed by atoms with E-state index in [1.807, 2.05) is 11.8 Å². The van der Waals surface area contributed by atoms with Crippen molar-refractivity contribution in [2.75, 3.05) is 26.2 Å². The van der Waals surface area contributed by atoms with E-state index in [2.05, 4.69) is 15.3 Å². The molecule has 2 rings (SSSR count). The van der Waals surface area contributed by atoms with Crippen LogP contribution < -0.4 is 5.32 Å². The monoisotopic (exact) mass is 295 g/mol. The van der Waals surface area contributed by atoms with Crippen LogP contribution in [0.3, 0.4) is 0 Å². The maximum absolute atomic E-state index is 12.2. The molecule has 2 heterocycles. The van der Waals surface area contributed by atoms with Crippen LogP contribution in [0, 0.1) is 0 Å². The van der Waals surface area contributed by atoms with E-state index in [1.165, 1.54) is 0 Å². The number of nitrogens with one attached hydrogen (secondary N) is 2. The predicted octanol–water partition coefficient (Wildman–Crippen LogP) is 0.271. The molecule has 8 nitrogen and oxygen atoms in total. The van der Waals surface area contributed by atoms with Crippen LogP contribution >= 0.6 is 0 Å². The molecular formula is C13H21N5O3. The topological polar surface area (TPSA) is 102 Å². The molecule has 0 aliphatic carbocycles. The Morgan fingerprint density at radius 3 is 2.52 bits per heavy atom. The summed E-state index contributed by atoms with van der Waals surface area (Å²) < 4.78 is 0. The normalized spacial score (nSPS) is 19.0. The van der Waals surface area contributed by atoms with Gasteiger partial charge in [0.2, 0.25) is 0 Å². The van der Waals surface area contributed by atoms with Crippen LogP contribution in [0.2, 0.25) is 0 Å². The van der Waals surface area contributed by atoms with Gasteiger partial charge in [-0.25, -0.2) is 9.78 Å². The maximum atomic E-state index is 12.2. The molecule has 0 saturated carbocycles. The molecule has 3 N–H and O–H groups in total. The molecule has 1 aromatic heterocycles. The highest BCUT2D eigenvalue weighted by molar-refractivity contribution is 5.75. The van der Waals surface area contributed by atoms with E-state index in [0.29, 0.717) is 32.0 Å². The van der Waals surface area contributed by atoms with Gasteiger partial charge in [-0.2, -0.15) is 0 Å². The van der Waals surface area contributed by atoms with Crippen LogP contribution in [0.5, 0.6) is 0 Å². The highest BCUT2D eigenvalue weighted by Gasteiger charge is 2.27. The Bertz CT molecular complexity index is 482. The van der Waals surface area contributed by atoms with Crippen molar-refractivity contribution in [1.29, 1.82) is 0 Å². The van der Waals surface area contributed by atoms with Gasteiger partial charge < -0.3 is 20.3 Å². The van der Waals surface area contributed by atoms with Crippen molar-refractivity contribution in [3.05, 3.63) is 18.2 Å². The Labute approximate surface area is 123 Å². The highest BCUT2D eigenvalue weighted by atomic mass is 16.4. The Kier molecular flexibility index (Phi) is 4.79. The fraction of sp³-hybridized carbons (Fsp3) is 0.615. The van der Waals surface area contributed by atoms with Gasteiger partial charge in [-0.05, 0) is 13.8 Å². The molecule has 1 aromatic rings. The maximum Gasteiger partial charge on any atom is 0.320 e. The second-order valence-electron chi connectivity index (χ2n) is 5.18. The summed E-state index contributed by atoms with van der Waals surface area (Å²) in [4.78, 5) is 33.7. The molecule has 8 heteroatoms. The van der Waals surface area contributed by atoms with Crippen molar-refractivity contribution in [3.63, 3.8) is 0 Å². The molecule has 1 aliphatic rings. The van der Waals surface area contributed by atoms with Crippen LogP contribution in [0.4, 0.5) is 4.79 Å². The first-order valence-electron chi connectivity index (χ1n) is 7.00. The summed E-state index contributed by atoms with van der Waals surface area (Å²) in [6.07, 6.45) is 3.36. The van der Waals surface area contributed by atoms with Gasteiger partial charge in [0.05, 0.1) is 6.04 Å². The zero-order valence-corrected chi connectivity index (χ0v) is 12.2. The number of aliphatic carboxylic acids is 1. The van der Waals surface area contributed by atoms with Crippen LogP contribution in [0.15, 0.2) is 12.4 Å². The van der Waals surface area contributed by atoms with Crippen LogP contribution in [0.25, 0.3) is 0 Å². The average Bonchev–Trinajstić information content (AvgIpc) is 3.00. The van der Waals surface area contributed by atoms with E-state index in [-0.39, 0.29) is 12.1 Å². The van der Waals surface area contributed by atoms with Crippen molar-refractivity contribution in [2.45, 2.75) is 25.9 Å². The van der Waals surface area contributed by atoms with Crippen molar-refractivity contribution in [2.24, 2.45) is 0 Å². The minimum absolute atomic E-state index is 0.151. The second-order valence-corrected chi connectivity index (χ2v) is 5.18. The molecule has 1 fully saturated rings. The van der Waals surface area contributed by atoms with Gasteiger partial charge in [-0.3, -0.25) is 9.69 Å². The van der Waals surface area contributed by atoms with Gasteiger partial charge in [0.25, 0.3) is 0 Å². The van der Waals surface area contributed by atoms with E-state index >= 15 is 0 Å². The lowest BCUT2D eigenvalue weighted by Gasteiger charge is -2.36. The summed E-state index contributed by atoms with van der Waals surface area (Å²) in [6, 6.07) is -0.859. The number of carboxylic acids is 1. The number of urea groups is 1. The fourth-order valence-electron chi connectivity index (χ4n) is 2.33. The smallest absolute Gasteiger partial charge is 0.320 e. The quantitative estimate of drug-likeness (QED) is 0.740. The third kappa shape index (κ3) is 3.72. The summed E-state index contributed by atoms with van der Waals surface area (Å²) in [6.45, 7) is 5.70. The average molecular weight is 295 g/mol. The Balaban J connectivity index is 1.82. The molecule has 116 valence electrons. The number of rotatable bonds is 4. The molecule has 21 heavy (non-hydrogen) atoms. The first-order chi connectivity index (χ1) is 9.99. The number of imidazole rings is 1. The van der Waals surface area contributed by atoms with E-state index in [4.69, 9.17) is 5.11 Å². The number of piperazine rings is 1. The number of H-pyrrole nitrogens is 1. The van der Waals surface area contributed by atoms with Crippen molar-refractivity contribution >= 4 is 12.0 Å². The third-order valence-corrected chi connectivity index (χ3v) is 3.78. The van der Waals surface area contributed by atoms with E-state index in [9.17, 15) is 9.59 Å². The molecule has 0 radical (unpaired) electrons. The van der Waals surface area contributed by atoms with Crippen LogP contribution in [-0.4, -0.2) is 69.1 Å². The van der Waals surface area contributed by atoms with Gasteiger partial charge >= 0.3 is 12.0 Å². The van der Waals surface area contributed by atoms with Crippen molar-refractivity contribution in [3.8, 4) is 0 Å². The standard InChI is InChI=1S/C13H21N5O3/c1-9(11-14-3-4-15-11)16-13(21)18-7-5-17(6-8-18)10(2)12(19)20/h3-4,9-10H,5-8H2,1-2H3,(H,14,15)(H,16,21)(H,19,20). The van der Waals surface area contributed by atoms with E-state index < -0.39 is 12.0 Å². The zero-order valence-electron chi connectivity index (χ0n) is 12.2. The van der Waals surface area contributed by atoms with Gasteiger partial charge in [0.1, 0.15) is 11.9 Å². The molecule has 0 spiro atoms. The number of aromatic amines is 1. The molecule has 2 amide bonds. The minimum atomic E-state index is -0.834. The lowest BCUT2D eigenvalue weighted by atomic mass is 10.2. The predicted molar refractivity (Wildman–Crippen MR) is 75.8 cm³/mol. The number of carbonyl (C=O) groups excluding carboxylic acids is 1. The number of aromatic nitrogens is 2. The Morgan fingerprint density at radius 1 is 1.33 bits per heavy atom. The number of nitrogens with zero attached hydrogens (tertiary/aromatic N) is 3. The fourth-order valence-corrected chi connectivity index (χ4v) is 2.33. The second kappa shape index (κ2) is 6.57. The zero-order chi connectivity index (χ0) is 15.4. The molecular weight excluding hydrogens is 274 g/mol. The summed E-state index contributed by atoms with van der Waals surface area (Å²) in [5, 5.41) is 11.9. The minimum Gasteiger partial charge on any atom is -0.480 e. The number of carboxylic acid groups (broad SMARTS) is 1. The van der Waals surface area contributed by atoms with Gasteiger partial charge in [0, 0.05) is 38.6 Å². The van der Waals surface area contributed by atoms with Crippen molar-refractivity contribution in [1.82, 2.24) is 25.1 Å². The summed E-state index contributed by atoms with van der Waals surface area (Å²) >= 11 is 0. The first kappa shape index (κ1) is 15.3. The van der Waals surface area contributed by atoms with E-state index in [1.54, 1.807) is 24.2 Å². The molecule has 0 bridgehead atoms. The lowest BCUT2D eigenvalue weighted by Crippen LogP contribution is -2.55. The summed E-state index contributed by atoms with van der Waals surface area (Å²) in [5.41, 5.74) is 0. The van der Waals surface area contributed by atoms with Crippen LogP contribution in [-0.2, 0) is 4.79 Å². The Morgan fingerprint density at radius 2 is 2.00 bits per heavy atom. The number of hydrogen-bond acceptors (Lipinski definition) is 4. The molecule has 2 atom stereocenters. The lowest BCUT2D eigenvalue weighted by molar-refractivity contribution is -0.143. The highest BCUT2D eigenvalue weighted by Crippen LogP contribution is 2.10. The molecule has 1 saturated heterocycles. The first-order valence-corrected chi connectivity index (χ1v) is 7.00. The third-order valence-electron chi connectivity index (χ3n) is 3.78. The molecule has 2 unspecified atom stereocenters. The summed E-state index contributed by atoms with van der Waals surface area (Å²) in [5.74, 6) is -0.124. The Hall–Kier alpha value is -2.09. The largest absolute Gasteiger partial charge is 0.480 e. The van der Waals surface area contributed by atoms with Gasteiger partial charge in [-0.1, -0.05) is 0 Å². The summed E-state index contributed by atoms with van der Waals surface area (Å²) in [7, 11) is 0. The van der Waals surface area contributed by atoms with Gasteiger partial charge in [0.15, 0.2) is 0 Å². The number of hydrogen-bond donors (Lipinski definition) is 3. The van der Waals surface area contributed by atoms with E-state index in [0.717, 1.165) is 0 Å². The number of amides is 2. The molecule has 1 aliphatic heterocycles. The number of carbonyl (C=O) groups is 2. The molecule has 0 aromatic carbocycles. The van der Waals surface area contributed by atoms with Crippen molar-refractivity contribution < 1.29 is 14.7 Å². The van der Waals surface area contributed by atoms with Gasteiger partial charge in [-0.15, -0.1) is 0 Å².